The van der Waals surface area contributed by atoms with Gasteiger partial charge in [-0.15, -0.1) is 0 Å². The van der Waals surface area contributed by atoms with Crippen LogP contribution in [0, 0.1) is 18.3 Å². The van der Waals surface area contributed by atoms with Crippen LogP contribution in [-0.4, -0.2) is 46.5 Å². The van der Waals surface area contributed by atoms with Gasteiger partial charge in [-0.3, -0.25) is 14.5 Å². The fraction of sp³-hybridized carbons (Fsp3) is 0.364. The van der Waals surface area contributed by atoms with Crippen molar-refractivity contribution in [3.05, 3.63) is 58.8 Å². The highest BCUT2D eigenvalue weighted by molar-refractivity contribution is 8.00. The molecule has 2 aromatic rings. The maximum Gasteiger partial charge on any atom is 0.230 e. The number of aryl methyl sites for hydroxylation is 1. The van der Waals surface area contributed by atoms with Crippen molar-refractivity contribution in [3.63, 3.8) is 0 Å². The second-order valence-electron chi connectivity index (χ2n) is 7.20. The average Bonchev–Trinajstić information content (AvgIpc) is 3.13. The number of hydrogen-bond donors (Lipinski definition) is 1. The average molecular weight is 409 g/mol. The van der Waals surface area contributed by atoms with Crippen molar-refractivity contribution in [2.24, 2.45) is 0 Å². The van der Waals surface area contributed by atoms with E-state index in [1.54, 1.807) is 13.0 Å². The highest BCUT2D eigenvalue weighted by Gasteiger charge is 2.24. The molecule has 1 aliphatic rings. The standard InChI is InChI=1S/C22H24N4O2S/c1-15-20(16(2)27)10-18(11-23)22(24-15)29-14-21(28)25-19-8-9-26(13-19)12-17-6-4-3-5-7-17/h3-7,10,19H,8-9,12-14H2,1-2H3,(H,25,28). The van der Waals surface area contributed by atoms with Crippen LogP contribution in [0.3, 0.4) is 0 Å². The molecule has 2 heterocycles. The van der Waals surface area contributed by atoms with Crippen molar-refractivity contribution < 1.29 is 9.59 Å². The Bertz CT molecular complexity index is 940. The molecule has 1 aliphatic heterocycles. The van der Waals surface area contributed by atoms with Gasteiger partial charge in [-0.25, -0.2) is 4.98 Å². The first-order valence-corrected chi connectivity index (χ1v) is 10.6. The van der Waals surface area contributed by atoms with Gasteiger partial charge in [0, 0.05) is 36.9 Å². The van der Waals surface area contributed by atoms with Gasteiger partial charge in [-0.05, 0) is 31.9 Å². The molecular weight excluding hydrogens is 384 g/mol. The number of likely N-dealkylation sites (tertiary alicyclic amines) is 1. The molecule has 1 saturated heterocycles. The molecule has 0 aliphatic carbocycles. The fourth-order valence-electron chi connectivity index (χ4n) is 3.47. The Balaban J connectivity index is 1.51. The Hall–Kier alpha value is -2.69. The molecule has 150 valence electrons. The lowest BCUT2D eigenvalue weighted by Crippen LogP contribution is -2.38. The summed E-state index contributed by atoms with van der Waals surface area (Å²) in [7, 11) is 0. The largest absolute Gasteiger partial charge is 0.351 e. The van der Waals surface area contributed by atoms with Gasteiger partial charge in [-0.2, -0.15) is 5.26 Å². The normalized spacial score (nSPS) is 16.4. The first-order chi connectivity index (χ1) is 14.0. The first-order valence-electron chi connectivity index (χ1n) is 9.57. The van der Waals surface area contributed by atoms with E-state index in [2.05, 4.69) is 33.4 Å². The van der Waals surface area contributed by atoms with E-state index in [-0.39, 0.29) is 23.5 Å². The maximum absolute atomic E-state index is 12.4. The van der Waals surface area contributed by atoms with Crippen LogP contribution in [0.5, 0.6) is 0 Å². The van der Waals surface area contributed by atoms with Crippen molar-refractivity contribution in [2.75, 3.05) is 18.8 Å². The Morgan fingerprint density at radius 2 is 2.10 bits per heavy atom. The van der Waals surface area contributed by atoms with E-state index in [4.69, 9.17) is 0 Å². The van der Waals surface area contributed by atoms with E-state index in [1.165, 1.54) is 24.2 Å². The Labute approximate surface area is 175 Å². The van der Waals surface area contributed by atoms with E-state index >= 15 is 0 Å². The smallest absolute Gasteiger partial charge is 0.230 e. The SMILES string of the molecule is CC(=O)c1cc(C#N)c(SCC(=O)NC2CCN(Cc3ccccc3)C2)nc1C. The molecule has 1 fully saturated rings. The Morgan fingerprint density at radius 3 is 2.79 bits per heavy atom. The van der Waals surface area contributed by atoms with E-state index in [1.807, 2.05) is 18.2 Å². The lowest BCUT2D eigenvalue weighted by molar-refractivity contribution is -0.119. The molecule has 1 aromatic heterocycles. The molecule has 0 radical (unpaired) electrons. The molecule has 0 bridgehead atoms. The van der Waals surface area contributed by atoms with Crippen molar-refractivity contribution in [3.8, 4) is 6.07 Å². The van der Waals surface area contributed by atoms with E-state index in [0.717, 1.165) is 26.1 Å². The zero-order valence-electron chi connectivity index (χ0n) is 16.6. The number of nitrogens with zero attached hydrogens (tertiary/aromatic N) is 3. The van der Waals surface area contributed by atoms with Crippen molar-refractivity contribution >= 4 is 23.5 Å². The Kier molecular flexibility index (Phi) is 7.02. The number of thioether (sulfide) groups is 1. The monoisotopic (exact) mass is 408 g/mol. The quantitative estimate of drug-likeness (QED) is 0.560. The molecule has 0 spiro atoms. The van der Waals surface area contributed by atoms with Crippen LogP contribution in [0.2, 0.25) is 0 Å². The number of aromatic nitrogens is 1. The number of carbonyl (C=O) groups excluding carboxylic acids is 2. The number of hydrogen-bond acceptors (Lipinski definition) is 6. The molecule has 7 heteroatoms. The number of Topliss-reactive ketones (excluding diaryl/α,β-unsaturated/α-hetero) is 1. The van der Waals surface area contributed by atoms with Gasteiger partial charge in [-0.1, -0.05) is 42.1 Å². The highest BCUT2D eigenvalue weighted by atomic mass is 32.2. The number of pyridine rings is 1. The van der Waals surface area contributed by atoms with Crippen LogP contribution in [0.1, 0.15) is 40.5 Å². The van der Waals surface area contributed by atoms with Crippen LogP contribution < -0.4 is 5.32 Å². The van der Waals surface area contributed by atoms with Crippen LogP contribution in [-0.2, 0) is 11.3 Å². The third kappa shape index (κ3) is 5.66. The number of ketones is 1. The lowest BCUT2D eigenvalue weighted by Gasteiger charge is -2.17. The van der Waals surface area contributed by atoms with Gasteiger partial charge in [0.1, 0.15) is 11.1 Å². The topological polar surface area (TPSA) is 86.1 Å². The van der Waals surface area contributed by atoms with E-state index in [0.29, 0.717) is 21.8 Å². The second kappa shape index (κ2) is 9.68. The minimum Gasteiger partial charge on any atom is -0.351 e. The molecule has 29 heavy (non-hydrogen) atoms. The summed E-state index contributed by atoms with van der Waals surface area (Å²) in [4.78, 5) is 30.7. The number of rotatable bonds is 7. The Morgan fingerprint density at radius 1 is 1.34 bits per heavy atom. The third-order valence-corrected chi connectivity index (χ3v) is 5.90. The molecule has 3 rings (SSSR count). The van der Waals surface area contributed by atoms with Gasteiger partial charge >= 0.3 is 0 Å². The lowest BCUT2D eigenvalue weighted by atomic mass is 10.1. The number of amides is 1. The van der Waals surface area contributed by atoms with Gasteiger partial charge < -0.3 is 5.32 Å². The predicted octanol–water partition coefficient (Wildman–Crippen LogP) is 2.95. The molecular formula is C22H24N4O2S. The molecule has 1 amide bonds. The number of carbonyl (C=O) groups is 2. The van der Waals surface area contributed by atoms with Crippen LogP contribution in [0.15, 0.2) is 41.4 Å². The predicted molar refractivity (Wildman–Crippen MR) is 113 cm³/mol. The summed E-state index contributed by atoms with van der Waals surface area (Å²) in [5.74, 6) is -0.00181. The molecule has 1 aromatic carbocycles. The van der Waals surface area contributed by atoms with Crippen LogP contribution in [0.25, 0.3) is 0 Å². The summed E-state index contributed by atoms with van der Waals surface area (Å²) < 4.78 is 0. The maximum atomic E-state index is 12.4. The van der Waals surface area contributed by atoms with Gasteiger partial charge in [0.2, 0.25) is 5.91 Å². The molecule has 0 saturated carbocycles. The van der Waals surface area contributed by atoms with E-state index in [9.17, 15) is 14.9 Å². The zero-order valence-corrected chi connectivity index (χ0v) is 17.5. The minimum absolute atomic E-state index is 0.0689. The second-order valence-corrected chi connectivity index (χ2v) is 8.17. The van der Waals surface area contributed by atoms with Crippen molar-refractivity contribution in [1.29, 1.82) is 5.26 Å². The molecule has 1 atom stereocenters. The summed E-state index contributed by atoms with van der Waals surface area (Å²) in [5.41, 5.74) is 2.62. The van der Waals surface area contributed by atoms with Gasteiger partial charge in [0.15, 0.2) is 5.78 Å². The minimum atomic E-state index is -0.123. The third-order valence-electron chi connectivity index (χ3n) is 4.90. The summed E-state index contributed by atoms with van der Waals surface area (Å²) >= 11 is 1.23. The highest BCUT2D eigenvalue weighted by Crippen LogP contribution is 2.23. The number of nitriles is 1. The summed E-state index contributed by atoms with van der Waals surface area (Å²) in [5, 5.41) is 12.9. The molecule has 1 N–H and O–H groups in total. The summed E-state index contributed by atoms with van der Waals surface area (Å²) in [6.07, 6.45) is 0.928. The van der Waals surface area contributed by atoms with Gasteiger partial charge in [0.25, 0.3) is 0 Å². The van der Waals surface area contributed by atoms with Crippen molar-refractivity contribution in [2.45, 2.75) is 37.9 Å². The summed E-state index contributed by atoms with van der Waals surface area (Å²) in [6, 6.07) is 14.1. The summed E-state index contributed by atoms with van der Waals surface area (Å²) in [6.45, 7) is 5.87. The fourth-order valence-corrected chi connectivity index (χ4v) is 4.28. The van der Waals surface area contributed by atoms with Crippen LogP contribution in [0.4, 0.5) is 0 Å². The molecule has 1 unspecified atom stereocenters. The van der Waals surface area contributed by atoms with Gasteiger partial charge in [0.05, 0.1) is 11.3 Å². The van der Waals surface area contributed by atoms with Crippen LogP contribution >= 0.6 is 11.8 Å². The van der Waals surface area contributed by atoms with Crippen molar-refractivity contribution in [1.82, 2.24) is 15.2 Å². The first kappa shape index (κ1) is 21.0. The number of benzene rings is 1. The zero-order chi connectivity index (χ0) is 20.8. The van der Waals surface area contributed by atoms with E-state index < -0.39 is 0 Å². The molecule has 6 nitrogen and oxygen atoms in total. The number of nitrogens with one attached hydrogen (secondary N) is 1.